The highest BCUT2D eigenvalue weighted by Crippen LogP contribution is 2.39. The third-order valence-corrected chi connectivity index (χ3v) is 9.85. The molecule has 1 amide bonds. The highest BCUT2D eigenvalue weighted by atomic mass is 16.7. The van der Waals surface area contributed by atoms with E-state index in [2.05, 4.69) is 21.2 Å². The molecule has 53 heavy (non-hydrogen) atoms. The monoisotopic (exact) mass is 722 g/mol. The number of aliphatic hydroxyl groups is 1. The lowest BCUT2D eigenvalue weighted by molar-refractivity contribution is -0.384. The van der Waals surface area contributed by atoms with Gasteiger partial charge in [-0.25, -0.2) is 0 Å². The Labute approximate surface area is 309 Å². The van der Waals surface area contributed by atoms with E-state index in [1.165, 1.54) is 0 Å². The number of nitrogens with one attached hydrogen (secondary N) is 1. The van der Waals surface area contributed by atoms with Crippen molar-refractivity contribution in [1.29, 1.82) is 0 Å². The summed E-state index contributed by atoms with van der Waals surface area (Å²) in [5, 5.41) is 32.4. The second-order valence-corrected chi connectivity index (χ2v) is 13.6. The lowest BCUT2D eigenvalue weighted by Crippen LogP contribution is -2.49. The fourth-order valence-corrected chi connectivity index (χ4v) is 6.84. The van der Waals surface area contributed by atoms with Gasteiger partial charge >= 0.3 is 5.97 Å². The van der Waals surface area contributed by atoms with Crippen molar-refractivity contribution < 1.29 is 34.2 Å². The smallest absolute Gasteiger partial charge is 0.303 e. The Balaban J connectivity index is 1.09. The minimum Gasteiger partial charge on any atom is -0.481 e. The number of aliphatic hydroxyl groups excluding tert-OH is 1. The number of ether oxygens (including phenoxy) is 2. The van der Waals surface area contributed by atoms with Gasteiger partial charge in [0, 0.05) is 81.9 Å². The lowest BCUT2D eigenvalue weighted by atomic mass is 9.98. The summed E-state index contributed by atoms with van der Waals surface area (Å²) in [5.74, 6) is -0.943. The Morgan fingerprint density at radius 3 is 2.19 bits per heavy atom. The Bertz CT molecular complexity index is 1830. The van der Waals surface area contributed by atoms with E-state index in [4.69, 9.17) is 14.6 Å². The summed E-state index contributed by atoms with van der Waals surface area (Å²) >= 11 is 0. The van der Waals surface area contributed by atoms with Crippen LogP contribution in [-0.4, -0.2) is 70.7 Å². The first kappa shape index (κ1) is 37.6. The number of aliphatic carboxylic acids is 1. The van der Waals surface area contributed by atoms with Crippen LogP contribution in [0.4, 0.5) is 11.4 Å². The van der Waals surface area contributed by atoms with Crippen molar-refractivity contribution >= 4 is 23.3 Å². The summed E-state index contributed by atoms with van der Waals surface area (Å²) in [6, 6.07) is 30.8. The van der Waals surface area contributed by atoms with Crippen LogP contribution in [0.25, 0.3) is 11.1 Å². The van der Waals surface area contributed by atoms with Gasteiger partial charge in [0.05, 0.1) is 23.7 Å². The number of nitro groups is 1. The summed E-state index contributed by atoms with van der Waals surface area (Å²) in [6.45, 7) is 4.39. The minimum absolute atomic E-state index is 0.0217. The number of rotatable bonds is 15. The molecule has 2 fully saturated rings. The number of nitro benzene ring substituents is 1. The van der Waals surface area contributed by atoms with Crippen LogP contribution in [0.15, 0.2) is 97.1 Å². The number of piperazine rings is 1. The highest BCUT2D eigenvalue weighted by Gasteiger charge is 2.34. The molecule has 0 unspecified atom stereocenters. The van der Waals surface area contributed by atoms with Crippen molar-refractivity contribution in [3.05, 3.63) is 129 Å². The molecule has 4 aromatic carbocycles. The number of hydrogen-bond acceptors (Lipinski definition) is 9. The van der Waals surface area contributed by atoms with Crippen LogP contribution in [0.1, 0.15) is 66.8 Å². The second-order valence-electron chi connectivity index (χ2n) is 13.6. The fourth-order valence-electron chi connectivity index (χ4n) is 6.84. The number of anilines is 1. The topological polar surface area (TPSA) is 155 Å². The number of benzene rings is 4. The zero-order valence-electron chi connectivity index (χ0n) is 29.6. The van der Waals surface area contributed by atoms with Crippen molar-refractivity contribution in [3.63, 3.8) is 0 Å². The SMILES string of the molecule is O=C(O)CCCCC(=O)NCc1cccc(-c2ccc([C@H]3O[C@@H](CN4CCN(c5ccc([N+](=O)[O-])cc5)CC4)C[C@@H](c4ccc(CO)cc4)O3)cc2)c1. The summed E-state index contributed by atoms with van der Waals surface area (Å²) in [6.07, 6.45) is 1.21. The van der Waals surface area contributed by atoms with Crippen LogP contribution in [0.5, 0.6) is 0 Å². The number of hydrogen-bond donors (Lipinski definition) is 3. The predicted octanol–water partition coefficient (Wildman–Crippen LogP) is 6.38. The normalized spacial score (nSPS) is 19.1. The first-order chi connectivity index (χ1) is 25.7. The van der Waals surface area contributed by atoms with E-state index < -0.39 is 12.3 Å². The van der Waals surface area contributed by atoms with Gasteiger partial charge in [-0.15, -0.1) is 0 Å². The van der Waals surface area contributed by atoms with Gasteiger partial charge < -0.3 is 29.9 Å². The fraction of sp³-hybridized carbons (Fsp3) is 0.366. The Morgan fingerprint density at radius 1 is 0.811 bits per heavy atom. The number of carbonyl (C=O) groups is 2. The van der Waals surface area contributed by atoms with E-state index >= 15 is 0 Å². The van der Waals surface area contributed by atoms with Gasteiger partial charge in [-0.05, 0) is 58.9 Å². The van der Waals surface area contributed by atoms with Crippen LogP contribution < -0.4 is 10.2 Å². The molecule has 0 radical (unpaired) electrons. The van der Waals surface area contributed by atoms with Crippen molar-refractivity contribution in [2.45, 2.75) is 63.8 Å². The highest BCUT2D eigenvalue weighted by molar-refractivity contribution is 5.76. The lowest BCUT2D eigenvalue weighted by Gasteiger charge is -2.41. The maximum atomic E-state index is 12.3. The summed E-state index contributed by atoms with van der Waals surface area (Å²) in [4.78, 5) is 38.3. The van der Waals surface area contributed by atoms with E-state index in [1.807, 2.05) is 78.9 Å². The number of carboxylic acids is 1. The molecule has 4 aromatic rings. The van der Waals surface area contributed by atoms with E-state index in [1.54, 1.807) is 12.1 Å². The number of carbonyl (C=O) groups excluding carboxylic acids is 1. The molecule has 12 heteroatoms. The van der Waals surface area contributed by atoms with E-state index in [-0.39, 0.29) is 41.8 Å². The third-order valence-electron chi connectivity index (χ3n) is 9.85. The quantitative estimate of drug-likeness (QED) is 0.0715. The zero-order valence-corrected chi connectivity index (χ0v) is 29.6. The van der Waals surface area contributed by atoms with Gasteiger partial charge in [0.1, 0.15) is 0 Å². The summed E-state index contributed by atoms with van der Waals surface area (Å²) in [7, 11) is 0. The number of carboxylic acid groups (broad SMARTS) is 1. The molecule has 3 atom stereocenters. The van der Waals surface area contributed by atoms with Gasteiger partial charge in [-0.3, -0.25) is 24.6 Å². The molecule has 2 heterocycles. The van der Waals surface area contributed by atoms with E-state index in [0.717, 1.165) is 71.8 Å². The van der Waals surface area contributed by atoms with Crippen LogP contribution in [-0.2, 0) is 32.2 Å². The van der Waals surface area contributed by atoms with Gasteiger partial charge in [0.25, 0.3) is 5.69 Å². The minimum atomic E-state index is -0.849. The molecule has 6 rings (SSSR count). The number of non-ortho nitro benzene ring substituents is 1. The summed E-state index contributed by atoms with van der Waals surface area (Å²) < 4.78 is 13.2. The largest absolute Gasteiger partial charge is 0.481 e. The molecule has 2 aliphatic heterocycles. The molecule has 0 spiro atoms. The number of amides is 1. The molecular weight excluding hydrogens is 676 g/mol. The van der Waals surface area contributed by atoms with Crippen LogP contribution >= 0.6 is 0 Å². The van der Waals surface area contributed by atoms with Gasteiger partial charge in [0.2, 0.25) is 5.91 Å². The maximum Gasteiger partial charge on any atom is 0.303 e. The van der Waals surface area contributed by atoms with Crippen molar-refractivity contribution in [2.75, 3.05) is 37.6 Å². The molecular formula is C41H46N4O8. The van der Waals surface area contributed by atoms with Crippen LogP contribution in [0.2, 0.25) is 0 Å². The zero-order chi connectivity index (χ0) is 37.2. The van der Waals surface area contributed by atoms with Crippen molar-refractivity contribution in [2.24, 2.45) is 0 Å². The Hall–Kier alpha value is -5.14. The molecule has 2 saturated heterocycles. The van der Waals surface area contributed by atoms with E-state index in [0.29, 0.717) is 32.2 Å². The number of nitrogens with zero attached hydrogens (tertiary/aromatic N) is 3. The average molecular weight is 723 g/mol. The standard InChI is InChI=1S/C41H46N4O8/c46-28-29-8-10-32(11-9-29)38-25-37(27-43-20-22-44(23-21-43)35-16-18-36(19-17-35)45(50)51)52-41(53-38)33-14-12-31(13-15-33)34-5-3-4-30(24-34)26-42-39(47)6-1-2-7-40(48)49/h3-5,8-19,24,37-38,41,46H,1-2,6-7,20-23,25-28H2,(H,42,47)(H,48,49)/t37-,38+,41+/m1/s1. The van der Waals surface area contributed by atoms with Crippen LogP contribution in [0, 0.1) is 10.1 Å². The molecule has 0 aliphatic carbocycles. The van der Waals surface area contributed by atoms with Crippen molar-refractivity contribution in [1.82, 2.24) is 10.2 Å². The molecule has 2 aliphatic rings. The Morgan fingerprint density at radius 2 is 1.51 bits per heavy atom. The molecule has 278 valence electrons. The molecule has 0 saturated carbocycles. The molecule has 0 aromatic heterocycles. The maximum absolute atomic E-state index is 12.3. The first-order valence-corrected chi connectivity index (χ1v) is 18.1. The van der Waals surface area contributed by atoms with Gasteiger partial charge in [0.15, 0.2) is 6.29 Å². The van der Waals surface area contributed by atoms with Gasteiger partial charge in [-0.1, -0.05) is 66.7 Å². The second kappa shape index (κ2) is 18.1. The first-order valence-electron chi connectivity index (χ1n) is 18.1. The Kier molecular flexibility index (Phi) is 12.8. The van der Waals surface area contributed by atoms with E-state index in [9.17, 15) is 24.8 Å². The van der Waals surface area contributed by atoms with Crippen LogP contribution in [0.3, 0.4) is 0 Å². The molecule has 12 nitrogen and oxygen atoms in total. The van der Waals surface area contributed by atoms with Gasteiger partial charge in [-0.2, -0.15) is 0 Å². The predicted molar refractivity (Wildman–Crippen MR) is 200 cm³/mol. The third kappa shape index (κ3) is 10.5. The molecule has 0 bridgehead atoms. The van der Waals surface area contributed by atoms with Crippen molar-refractivity contribution in [3.8, 4) is 11.1 Å². The molecule has 3 N–H and O–H groups in total. The summed E-state index contributed by atoms with van der Waals surface area (Å²) in [5.41, 5.74) is 6.85. The number of unbranched alkanes of at least 4 members (excludes halogenated alkanes) is 1. The average Bonchev–Trinajstić information content (AvgIpc) is 3.19.